The molecule has 0 fully saturated rings. The van der Waals surface area contributed by atoms with Crippen molar-refractivity contribution in [3.63, 3.8) is 0 Å². The molecule has 223 valence electrons. The fourth-order valence-electron chi connectivity index (χ4n) is 2.74. The van der Waals surface area contributed by atoms with Gasteiger partial charge in [0.25, 0.3) is 5.91 Å². The average Bonchev–Trinajstić information content (AvgIpc) is 3.01. The van der Waals surface area contributed by atoms with E-state index in [0.717, 1.165) is 12.0 Å². The molecule has 0 aliphatic heterocycles. The molecule has 0 heterocycles. The number of carbonyl (C=O) groups excluding carboxylic acids is 3. The second-order valence-electron chi connectivity index (χ2n) is 6.95. The van der Waals surface area contributed by atoms with E-state index in [1.165, 1.54) is 18.2 Å². The number of rotatable bonds is 12. The summed E-state index contributed by atoms with van der Waals surface area (Å²) in [7, 11) is 0. The summed E-state index contributed by atoms with van der Waals surface area (Å²) in [5.41, 5.74) is 1.19. The van der Waals surface area contributed by atoms with Gasteiger partial charge in [0.1, 0.15) is 5.75 Å². The van der Waals surface area contributed by atoms with Crippen molar-refractivity contribution in [3.8, 4) is 5.75 Å². The number of benzene rings is 3. The van der Waals surface area contributed by atoms with Crippen LogP contribution in [0, 0.1) is 12.1 Å². The molecule has 0 saturated heterocycles. The summed E-state index contributed by atoms with van der Waals surface area (Å²) in [5.74, 6) is -0.886. The van der Waals surface area contributed by atoms with Crippen LogP contribution in [0.3, 0.4) is 0 Å². The van der Waals surface area contributed by atoms with Crippen LogP contribution in [0.25, 0.3) is 0 Å². The molecule has 3 aromatic rings. The van der Waals surface area contributed by atoms with Crippen LogP contribution in [0.1, 0.15) is 44.9 Å². The summed E-state index contributed by atoms with van der Waals surface area (Å²) in [6.07, 6.45) is 0. The molecular formula is C25H24CoN2O11S2-2. The molecule has 0 aliphatic rings. The van der Waals surface area contributed by atoms with E-state index < -0.39 is 5.97 Å². The van der Waals surface area contributed by atoms with Gasteiger partial charge in [-0.05, 0) is 37.6 Å². The number of hydrogen-bond donors (Lipinski definition) is 4. The van der Waals surface area contributed by atoms with E-state index in [4.69, 9.17) is 19.1 Å². The minimum atomic E-state index is -0.582. The first-order valence-electron chi connectivity index (χ1n) is 11.3. The number of carbonyl (C=O) groups is 3. The molecule has 0 unspecified atom stereocenters. The molecule has 13 nitrogen and oxygen atoms in total. The second-order valence-corrected chi connectivity index (χ2v) is 8.44. The maximum absolute atomic E-state index is 12.1. The first-order valence-corrected chi connectivity index (χ1v) is 13.2. The van der Waals surface area contributed by atoms with Gasteiger partial charge in [0, 0.05) is 30.7 Å². The topological polar surface area (TPSA) is 179 Å². The van der Waals surface area contributed by atoms with Gasteiger partial charge in [-0.2, -0.15) is 48.5 Å². The Bertz CT molecular complexity index is 1240. The van der Waals surface area contributed by atoms with Crippen molar-refractivity contribution in [1.29, 1.82) is 0 Å². The van der Waals surface area contributed by atoms with Crippen molar-refractivity contribution in [3.05, 3.63) is 89.5 Å². The Labute approximate surface area is 251 Å². The third kappa shape index (κ3) is 13.4. The van der Waals surface area contributed by atoms with E-state index in [0.29, 0.717) is 46.7 Å². The van der Waals surface area contributed by atoms with Crippen LogP contribution < -0.4 is 15.4 Å². The van der Waals surface area contributed by atoms with Crippen molar-refractivity contribution < 1.29 is 67.9 Å². The van der Waals surface area contributed by atoms with Gasteiger partial charge in [0.15, 0.2) is 0 Å². The van der Waals surface area contributed by atoms with Gasteiger partial charge >= 0.3 is 25.5 Å². The molecule has 4 N–H and O–H groups in total. The van der Waals surface area contributed by atoms with Gasteiger partial charge < -0.3 is 15.4 Å². The second kappa shape index (κ2) is 21.6. The van der Waals surface area contributed by atoms with Crippen molar-refractivity contribution in [1.82, 2.24) is 10.6 Å². The van der Waals surface area contributed by atoms with Gasteiger partial charge in [0.2, 0.25) is 5.91 Å². The Balaban J connectivity index is 0.000000425. The molecule has 0 atom stereocenters. The van der Waals surface area contributed by atoms with Crippen LogP contribution >= 0.6 is 24.1 Å². The van der Waals surface area contributed by atoms with E-state index in [1.807, 2.05) is 6.92 Å². The molecule has 41 heavy (non-hydrogen) atoms. The maximum atomic E-state index is 12.1. The molecule has 0 radical (unpaired) electrons. The van der Waals surface area contributed by atoms with Crippen LogP contribution in [0.5, 0.6) is 5.75 Å². The minimum absolute atomic E-state index is 0.155. The zero-order valence-electron chi connectivity index (χ0n) is 21.4. The molecule has 3 rings (SSSR count). The molecule has 3 aromatic carbocycles. The van der Waals surface area contributed by atoms with Crippen molar-refractivity contribution >= 4 is 41.9 Å². The predicted molar refractivity (Wildman–Crippen MR) is 140 cm³/mol. The summed E-state index contributed by atoms with van der Waals surface area (Å²) >= 11 is 3.67. The molecule has 0 aromatic heterocycles. The summed E-state index contributed by atoms with van der Waals surface area (Å²) in [6, 6.07) is 21.1. The van der Waals surface area contributed by atoms with E-state index in [2.05, 4.69) is 57.2 Å². The van der Waals surface area contributed by atoms with Crippen LogP contribution in [-0.4, -0.2) is 41.4 Å². The third-order valence-electron chi connectivity index (χ3n) is 4.38. The Morgan fingerprint density at radius 3 is 1.95 bits per heavy atom. The Hall–Kier alpha value is -3.16. The molecule has 2 amide bonds. The quantitative estimate of drug-likeness (QED) is 0.0540. The number of ether oxygens (including phenoxy) is 1. The Morgan fingerprint density at radius 2 is 1.37 bits per heavy atom. The van der Waals surface area contributed by atoms with E-state index >= 15 is 0 Å². The van der Waals surface area contributed by atoms with E-state index in [1.54, 1.807) is 49.4 Å². The fourth-order valence-corrected chi connectivity index (χ4v) is 3.61. The summed E-state index contributed by atoms with van der Waals surface area (Å²) < 4.78 is 21.8. The molecule has 0 bridgehead atoms. The van der Waals surface area contributed by atoms with Gasteiger partial charge in [0.05, 0.1) is 16.9 Å². The van der Waals surface area contributed by atoms with Crippen LogP contribution in [0.4, 0.5) is 0 Å². The first kappa shape index (κ1) is 35.9. The van der Waals surface area contributed by atoms with Gasteiger partial charge in [-0.1, -0.05) is 20.5 Å². The summed E-state index contributed by atoms with van der Waals surface area (Å²) in [4.78, 5) is 36.2. The van der Waals surface area contributed by atoms with E-state index in [9.17, 15) is 14.4 Å². The van der Waals surface area contributed by atoms with E-state index in [-0.39, 0.29) is 22.5 Å². The zero-order valence-corrected chi connectivity index (χ0v) is 24.1. The van der Waals surface area contributed by atoms with Crippen molar-refractivity contribution in [2.45, 2.75) is 23.6 Å². The molecular weight excluding hydrogens is 627 g/mol. The molecule has 0 aliphatic carbocycles. The van der Waals surface area contributed by atoms with Crippen LogP contribution in [0.15, 0.2) is 70.5 Å². The Kier molecular flexibility index (Phi) is 18.9. The van der Waals surface area contributed by atoms with Gasteiger partial charge in [-0.25, -0.2) is 15.3 Å². The first-order chi connectivity index (χ1) is 19.9. The average molecular weight is 652 g/mol. The standard InChI is InChI=1S/C16H14NO6S.C9H10NO4S.Co.O/c1-2-17-15(18)12-8-9-13(14(10-12)24-23-22-20)21-16(19)11-6-4-3-5-7-11;1-2-10-9(11)7-4-3-5-8(6-7)15-14-13-12;;/h4-10,20H,2H2,1H3,(H,17,18);3-4,6,12H,2H2,1H3,(H,10,11);;/q2*-1;;. The molecule has 0 spiro atoms. The number of esters is 1. The SMILES string of the molecule is CCNC(=O)c1cc[c-]c(SOOO)c1.CCNC(=O)c1ccc(OC(=O)c2cc[c-]cc2)c(SOOO)c1.[O]=[Co]. The summed E-state index contributed by atoms with van der Waals surface area (Å²) in [5, 5.41) is 28.6. The molecule has 0 saturated carbocycles. The predicted octanol–water partition coefficient (Wildman–Crippen LogP) is 4.43. The number of amides is 2. The molecule has 16 heteroatoms. The van der Waals surface area contributed by atoms with Crippen molar-refractivity contribution in [2.75, 3.05) is 13.1 Å². The van der Waals surface area contributed by atoms with Crippen LogP contribution in [-0.2, 0) is 38.3 Å². The normalized spacial score (nSPS) is 9.78. The summed E-state index contributed by atoms with van der Waals surface area (Å²) in [6.45, 7) is 4.67. The van der Waals surface area contributed by atoms with Crippen molar-refractivity contribution in [2.24, 2.45) is 0 Å². The Morgan fingerprint density at radius 1 is 0.805 bits per heavy atom. The van der Waals surface area contributed by atoms with Gasteiger partial charge in [-0.3, -0.25) is 9.59 Å². The van der Waals surface area contributed by atoms with Crippen LogP contribution in [0.2, 0.25) is 0 Å². The monoisotopic (exact) mass is 651 g/mol. The fraction of sp³-hybridized carbons (Fsp3) is 0.160. The third-order valence-corrected chi connectivity index (χ3v) is 5.55. The number of nitrogens with one attached hydrogen (secondary N) is 2. The number of hydrogen-bond acceptors (Lipinski definition) is 13. The van der Waals surface area contributed by atoms with Gasteiger partial charge in [-0.15, -0.1) is 14.7 Å². The zero-order chi connectivity index (χ0) is 30.5.